The number of nitrogens with zero attached hydrogens (tertiary/aromatic N) is 2. The first-order valence-electron chi connectivity index (χ1n) is 14.2. The average molecular weight is 553 g/mol. The Kier molecular flexibility index (Phi) is 26.1. The van der Waals surface area contributed by atoms with Crippen LogP contribution in [0.15, 0.2) is 12.2 Å². The number of urea groups is 1. The second kappa shape index (κ2) is 25.3. The Morgan fingerprint density at radius 1 is 0.892 bits per heavy atom. The van der Waals surface area contributed by atoms with Crippen molar-refractivity contribution in [2.45, 2.75) is 96.8 Å². The van der Waals surface area contributed by atoms with E-state index in [2.05, 4.69) is 28.9 Å². The second-order valence-electron chi connectivity index (χ2n) is 10.7. The van der Waals surface area contributed by atoms with Crippen LogP contribution < -0.4 is 5.32 Å². The minimum Gasteiger partial charge on any atom is -0.395 e. The van der Waals surface area contributed by atoms with Gasteiger partial charge in [0.1, 0.15) is 13.2 Å². The molecule has 0 rings (SSSR count). The summed E-state index contributed by atoms with van der Waals surface area (Å²) in [5, 5.41) is 11.7. The van der Waals surface area contributed by atoms with Crippen LogP contribution in [0.4, 0.5) is 4.79 Å². The summed E-state index contributed by atoms with van der Waals surface area (Å²) in [6, 6.07) is -0.0909. The molecule has 0 heterocycles. The summed E-state index contributed by atoms with van der Waals surface area (Å²) < 4.78 is 15.1. The predicted octanol–water partition coefficient (Wildman–Crippen LogP) is 5.46. The zero-order valence-electron chi connectivity index (χ0n) is 24.5. The van der Waals surface area contributed by atoms with Gasteiger partial charge in [-0.2, -0.15) is 0 Å². The molecule has 0 bridgehead atoms. The number of aliphatic hydroxyl groups is 1. The monoisotopic (exact) mass is 552 g/mol. The molecule has 9 nitrogen and oxygen atoms in total. The van der Waals surface area contributed by atoms with Crippen molar-refractivity contribution in [3.8, 4) is 0 Å². The number of carbonyl (C=O) groups excluding carboxylic acids is 1. The molecule has 0 aliphatic heterocycles. The fraction of sp³-hybridized carbons (Fsp3) is 0.889. The van der Waals surface area contributed by atoms with Crippen LogP contribution in [0.25, 0.3) is 0 Å². The van der Waals surface area contributed by atoms with E-state index in [0.29, 0.717) is 17.6 Å². The van der Waals surface area contributed by atoms with Crippen molar-refractivity contribution in [3.63, 3.8) is 0 Å². The number of amides is 2. The summed E-state index contributed by atoms with van der Waals surface area (Å²) >= 11 is 0. The van der Waals surface area contributed by atoms with Crippen LogP contribution in [0.3, 0.4) is 0 Å². The third-order valence-electron chi connectivity index (χ3n) is 5.77. The molecule has 222 valence electrons. The van der Waals surface area contributed by atoms with E-state index in [4.69, 9.17) is 14.9 Å². The van der Waals surface area contributed by atoms with Gasteiger partial charge >= 0.3 is 13.9 Å². The van der Waals surface area contributed by atoms with Crippen molar-refractivity contribution < 1.29 is 33.3 Å². The summed E-state index contributed by atoms with van der Waals surface area (Å²) in [5.74, 6) is 0. The molecule has 0 aromatic rings. The van der Waals surface area contributed by atoms with Crippen molar-refractivity contribution >= 4 is 13.9 Å². The molecular weight excluding hydrogens is 493 g/mol. The summed E-state index contributed by atoms with van der Waals surface area (Å²) in [4.78, 5) is 29.7. The third kappa shape index (κ3) is 35.0. The largest absolute Gasteiger partial charge is 0.469 e. The van der Waals surface area contributed by atoms with Crippen LogP contribution in [0.5, 0.6) is 0 Å². The molecule has 0 aromatic carbocycles. The lowest BCUT2D eigenvalue weighted by Crippen LogP contribution is -2.39. The Labute approximate surface area is 227 Å². The predicted molar refractivity (Wildman–Crippen MR) is 153 cm³/mol. The SMILES string of the molecule is CCCCCCCCC=CCCCCCCCCNC(=O)N(C)CCO.C[N+](C)(C)CCOP(=O)(O)O. The maximum atomic E-state index is 11.6. The van der Waals surface area contributed by atoms with Gasteiger partial charge in [-0.3, -0.25) is 4.52 Å². The topological polar surface area (TPSA) is 119 Å². The number of aliphatic hydroxyl groups excluding tert-OH is 1. The molecule has 0 unspecified atom stereocenters. The molecule has 0 aliphatic rings. The van der Waals surface area contributed by atoms with Gasteiger partial charge in [-0.05, 0) is 32.1 Å². The Hall–Kier alpha value is -0.960. The highest BCUT2D eigenvalue weighted by Gasteiger charge is 2.16. The van der Waals surface area contributed by atoms with Crippen molar-refractivity contribution in [1.29, 1.82) is 0 Å². The van der Waals surface area contributed by atoms with Gasteiger partial charge in [0.2, 0.25) is 0 Å². The maximum absolute atomic E-state index is 11.6. The number of unbranched alkanes of at least 4 members (excludes halogenated alkanes) is 12. The van der Waals surface area contributed by atoms with E-state index in [0.717, 1.165) is 13.0 Å². The molecular formula is C27H59N3O6P+. The van der Waals surface area contributed by atoms with E-state index in [1.165, 1.54) is 88.4 Å². The van der Waals surface area contributed by atoms with Crippen LogP contribution in [0, 0.1) is 0 Å². The highest BCUT2D eigenvalue weighted by molar-refractivity contribution is 7.46. The van der Waals surface area contributed by atoms with E-state index in [1.807, 2.05) is 21.1 Å². The third-order valence-corrected chi connectivity index (χ3v) is 6.29. The van der Waals surface area contributed by atoms with Crippen LogP contribution in [0.2, 0.25) is 0 Å². The van der Waals surface area contributed by atoms with Crippen molar-refractivity contribution in [2.75, 3.05) is 61.0 Å². The summed E-state index contributed by atoms with van der Waals surface area (Å²) in [6.45, 7) is 4.05. The van der Waals surface area contributed by atoms with Crippen molar-refractivity contribution in [1.82, 2.24) is 10.2 Å². The van der Waals surface area contributed by atoms with Crippen LogP contribution in [0.1, 0.15) is 96.8 Å². The molecule has 0 saturated heterocycles. The highest BCUT2D eigenvalue weighted by Crippen LogP contribution is 2.35. The molecule has 0 fully saturated rings. The van der Waals surface area contributed by atoms with Crippen LogP contribution in [-0.4, -0.2) is 91.3 Å². The van der Waals surface area contributed by atoms with Gasteiger partial charge < -0.3 is 29.6 Å². The van der Waals surface area contributed by atoms with Gasteiger partial charge in [-0.1, -0.05) is 76.9 Å². The lowest BCUT2D eigenvalue weighted by atomic mass is 10.1. The number of phosphoric acid groups is 1. The highest BCUT2D eigenvalue weighted by atomic mass is 31.2. The van der Waals surface area contributed by atoms with Gasteiger partial charge in [-0.25, -0.2) is 9.36 Å². The van der Waals surface area contributed by atoms with E-state index < -0.39 is 7.82 Å². The minimum absolute atomic E-state index is 0.0121. The average Bonchev–Trinajstić information content (AvgIpc) is 2.79. The summed E-state index contributed by atoms with van der Waals surface area (Å²) in [5.41, 5.74) is 0. The zero-order chi connectivity index (χ0) is 28.4. The number of rotatable bonds is 22. The van der Waals surface area contributed by atoms with Crippen molar-refractivity contribution in [2.24, 2.45) is 0 Å². The Morgan fingerprint density at radius 2 is 1.38 bits per heavy atom. The number of phosphoric ester groups is 1. The molecule has 0 atom stereocenters. The van der Waals surface area contributed by atoms with Crippen molar-refractivity contribution in [3.05, 3.63) is 12.2 Å². The number of likely N-dealkylation sites (N-methyl/N-ethyl adjacent to an activating group) is 2. The van der Waals surface area contributed by atoms with E-state index in [-0.39, 0.29) is 19.2 Å². The molecule has 0 aliphatic carbocycles. The molecule has 2 amide bonds. The molecule has 10 heteroatoms. The number of carbonyl (C=O) groups is 1. The van der Waals surface area contributed by atoms with Crippen LogP contribution >= 0.6 is 7.82 Å². The second-order valence-corrected chi connectivity index (χ2v) is 11.9. The number of hydrogen-bond acceptors (Lipinski definition) is 4. The summed E-state index contributed by atoms with van der Waals surface area (Å²) in [6.07, 6.45) is 22.9. The van der Waals surface area contributed by atoms with Gasteiger partial charge in [0, 0.05) is 20.1 Å². The first-order valence-corrected chi connectivity index (χ1v) is 15.7. The molecule has 37 heavy (non-hydrogen) atoms. The smallest absolute Gasteiger partial charge is 0.395 e. The zero-order valence-corrected chi connectivity index (χ0v) is 25.4. The van der Waals surface area contributed by atoms with Gasteiger partial charge in [0.05, 0.1) is 27.7 Å². The Bertz CT molecular complexity index is 593. The Morgan fingerprint density at radius 3 is 1.84 bits per heavy atom. The quantitative estimate of drug-likeness (QED) is 0.0613. The number of nitrogens with one attached hydrogen (secondary N) is 1. The normalized spacial score (nSPS) is 11.9. The Balaban J connectivity index is 0. The fourth-order valence-electron chi connectivity index (χ4n) is 3.39. The number of quaternary nitrogens is 1. The minimum atomic E-state index is -4.26. The van der Waals surface area contributed by atoms with Gasteiger partial charge in [0.25, 0.3) is 0 Å². The van der Waals surface area contributed by atoms with Crippen LogP contribution in [-0.2, 0) is 9.09 Å². The molecule has 0 radical (unpaired) electrons. The molecule has 0 spiro atoms. The lowest BCUT2D eigenvalue weighted by Gasteiger charge is -2.23. The summed E-state index contributed by atoms with van der Waals surface area (Å²) in [7, 11) is 3.20. The fourth-order valence-corrected chi connectivity index (χ4v) is 3.71. The molecule has 4 N–H and O–H groups in total. The molecule has 0 saturated carbocycles. The maximum Gasteiger partial charge on any atom is 0.469 e. The first kappa shape index (κ1) is 38.2. The van der Waals surface area contributed by atoms with Gasteiger partial charge in [0.15, 0.2) is 0 Å². The standard InChI is InChI=1S/C22H44N2O2.C5H14NO4P/c1-3-4-5-6-7-8-9-10-11-12-13-14-15-16-17-18-19-23-22(26)24(2)20-21-25;1-6(2,3)4-5-10-11(7,8)9/h10-11,25H,3-9,12-21H2,1-2H3,(H,23,26);4-5H2,1-3H3,(H-,7,8,9)/p+1. The van der Waals surface area contributed by atoms with E-state index in [9.17, 15) is 9.36 Å². The van der Waals surface area contributed by atoms with Gasteiger partial charge in [-0.15, -0.1) is 0 Å². The number of allylic oxidation sites excluding steroid dienone is 2. The lowest BCUT2D eigenvalue weighted by molar-refractivity contribution is -0.870. The first-order chi connectivity index (χ1) is 17.4. The molecule has 0 aromatic heterocycles. The van der Waals surface area contributed by atoms with E-state index in [1.54, 1.807) is 7.05 Å². The number of hydrogen-bond donors (Lipinski definition) is 4. The van der Waals surface area contributed by atoms with E-state index >= 15 is 0 Å².